The topological polar surface area (TPSA) is 32.5 Å². The molecule has 90 valence electrons. The minimum atomic E-state index is 0.169. The average Bonchev–Trinajstić information content (AvgIpc) is 2.27. The van der Waals surface area contributed by atoms with E-state index in [1.165, 1.54) is 25.9 Å². The van der Waals surface area contributed by atoms with Crippen molar-refractivity contribution in [1.29, 1.82) is 0 Å². The van der Waals surface area contributed by atoms with E-state index in [2.05, 4.69) is 37.7 Å². The summed E-state index contributed by atoms with van der Waals surface area (Å²) in [6.07, 6.45) is 3.76. The Balaban J connectivity index is 2.61. The minimum absolute atomic E-state index is 0.169. The van der Waals surface area contributed by atoms with Gasteiger partial charge in [-0.25, -0.2) is 0 Å². The maximum absolute atomic E-state index is 5.90. The number of rotatable bonds is 4. The second-order valence-corrected chi connectivity index (χ2v) is 5.22. The zero-order valence-corrected chi connectivity index (χ0v) is 10.8. The van der Waals surface area contributed by atoms with E-state index in [9.17, 15) is 0 Å². The van der Waals surface area contributed by atoms with Crippen LogP contribution < -0.4 is 5.73 Å². The molecular weight excluding hydrogens is 186 g/mol. The summed E-state index contributed by atoms with van der Waals surface area (Å²) < 4.78 is 0. The van der Waals surface area contributed by atoms with Gasteiger partial charge in [0, 0.05) is 24.7 Å². The fraction of sp³-hybridized carbons (Fsp3) is 1.00. The molecule has 3 heteroatoms. The number of piperidine rings is 1. The molecule has 0 aliphatic carbocycles. The molecular formula is C12H27N3. The lowest BCUT2D eigenvalue weighted by Gasteiger charge is -2.45. The lowest BCUT2D eigenvalue weighted by Crippen LogP contribution is -2.57. The fourth-order valence-electron chi connectivity index (χ4n) is 2.43. The van der Waals surface area contributed by atoms with Crippen molar-refractivity contribution in [3.05, 3.63) is 0 Å². The maximum Gasteiger partial charge on any atom is 0.0301 e. The van der Waals surface area contributed by atoms with Crippen molar-refractivity contribution >= 4 is 0 Å². The SMILES string of the molecule is CCC(C)(CN)N(C)C1CCCN(C)C1. The van der Waals surface area contributed by atoms with Crippen LogP contribution in [-0.4, -0.2) is 55.1 Å². The molecule has 0 radical (unpaired) electrons. The molecule has 1 rings (SSSR count). The van der Waals surface area contributed by atoms with Gasteiger partial charge in [-0.2, -0.15) is 0 Å². The summed E-state index contributed by atoms with van der Waals surface area (Å²) in [7, 11) is 4.45. The third-order valence-electron chi connectivity index (χ3n) is 4.20. The van der Waals surface area contributed by atoms with Crippen LogP contribution in [0.25, 0.3) is 0 Å². The largest absolute Gasteiger partial charge is 0.329 e. The summed E-state index contributed by atoms with van der Waals surface area (Å²) in [4.78, 5) is 4.93. The predicted molar refractivity (Wildman–Crippen MR) is 66.0 cm³/mol. The Kier molecular flexibility index (Phi) is 4.56. The first-order valence-electron chi connectivity index (χ1n) is 6.15. The zero-order chi connectivity index (χ0) is 11.5. The summed E-state index contributed by atoms with van der Waals surface area (Å²) in [5.74, 6) is 0. The van der Waals surface area contributed by atoms with Crippen LogP contribution in [0.5, 0.6) is 0 Å². The standard InChI is InChI=1S/C12H27N3/c1-5-12(2,10-13)15(4)11-7-6-8-14(3)9-11/h11H,5-10,13H2,1-4H3. The number of hydrogen-bond acceptors (Lipinski definition) is 3. The molecule has 15 heavy (non-hydrogen) atoms. The third kappa shape index (κ3) is 2.92. The van der Waals surface area contributed by atoms with Crippen molar-refractivity contribution in [3.8, 4) is 0 Å². The molecule has 0 spiro atoms. The van der Waals surface area contributed by atoms with E-state index >= 15 is 0 Å². The first kappa shape index (κ1) is 12.9. The Morgan fingerprint density at radius 1 is 1.53 bits per heavy atom. The van der Waals surface area contributed by atoms with Crippen LogP contribution in [0.1, 0.15) is 33.1 Å². The quantitative estimate of drug-likeness (QED) is 0.760. The van der Waals surface area contributed by atoms with Gasteiger partial charge in [-0.05, 0) is 46.8 Å². The Morgan fingerprint density at radius 3 is 2.67 bits per heavy atom. The van der Waals surface area contributed by atoms with E-state index in [1.807, 2.05) is 0 Å². The van der Waals surface area contributed by atoms with Gasteiger partial charge in [0.05, 0.1) is 0 Å². The van der Waals surface area contributed by atoms with Gasteiger partial charge in [-0.1, -0.05) is 6.92 Å². The van der Waals surface area contributed by atoms with Gasteiger partial charge in [0.25, 0.3) is 0 Å². The van der Waals surface area contributed by atoms with Gasteiger partial charge >= 0.3 is 0 Å². The lowest BCUT2D eigenvalue weighted by atomic mass is 9.92. The van der Waals surface area contributed by atoms with Crippen molar-refractivity contribution in [3.63, 3.8) is 0 Å². The summed E-state index contributed by atoms with van der Waals surface area (Å²) in [6, 6.07) is 0.678. The van der Waals surface area contributed by atoms with Crippen LogP contribution in [0.4, 0.5) is 0 Å². The molecule has 1 fully saturated rings. The molecule has 1 aliphatic heterocycles. The Morgan fingerprint density at radius 2 is 2.20 bits per heavy atom. The van der Waals surface area contributed by atoms with E-state index in [-0.39, 0.29) is 5.54 Å². The van der Waals surface area contributed by atoms with E-state index in [0.29, 0.717) is 6.04 Å². The molecule has 0 saturated carbocycles. The van der Waals surface area contributed by atoms with Gasteiger partial charge < -0.3 is 10.6 Å². The summed E-state index contributed by atoms with van der Waals surface area (Å²) >= 11 is 0. The second-order valence-electron chi connectivity index (χ2n) is 5.22. The number of hydrogen-bond donors (Lipinski definition) is 1. The van der Waals surface area contributed by atoms with Crippen molar-refractivity contribution in [2.45, 2.75) is 44.7 Å². The van der Waals surface area contributed by atoms with E-state index < -0.39 is 0 Å². The first-order valence-corrected chi connectivity index (χ1v) is 6.15. The predicted octanol–water partition coefficient (Wildman–Crippen LogP) is 1.14. The highest BCUT2D eigenvalue weighted by atomic mass is 15.3. The Bertz CT molecular complexity index is 189. The zero-order valence-electron chi connectivity index (χ0n) is 10.8. The van der Waals surface area contributed by atoms with Crippen LogP contribution in [0.2, 0.25) is 0 Å². The van der Waals surface area contributed by atoms with E-state index in [0.717, 1.165) is 13.0 Å². The van der Waals surface area contributed by atoms with Gasteiger partial charge in [0.15, 0.2) is 0 Å². The molecule has 0 amide bonds. The van der Waals surface area contributed by atoms with Gasteiger partial charge in [0.1, 0.15) is 0 Å². The van der Waals surface area contributed by atoms with Crippen molar-refractivity contribution in [2.75, 3.05) is 33.7 Å². The van der Waals surface area contributed by atoms with Crippen LogP contribution in [0.3, 0.4) is 0 Å². The van der Waals surface area contributed by atoms with Crippen LogP contribution in [-0.2, 0) is 0 Å². The Labute approximate surface area is 94.6 Å². The molecule has 1 aliphatic rings. The number of nitrogens with zero attached hydrogens (tertiary/aromatic N) is 2. The molecule has 1 heterocycles. The van der Waals surface area contributed by atoms with Crippen LogP contribution in [0, 0.1) is 0 Å². The smallest absolute Gasteiger partial charge is 0.0301 e. The van der Waals surface area contributed by atoms with Gasteiger partial charge in [-0.3, -0.25) is 4.90 Å². The highest BCUT2D eigenvalue weighted by molar-refractivity contribution is 4.90. The van der Waals surface area contributed by atoms with Crippen LogP contribution in [0.15, 0.2) is 0 Å². The van der Waals surface area contributed by atoms with E-state index in [1.54, 1.807) is 0 Å². The average molecular weight is 213 g/mol. The molecule has 3 nitrogen and oxygen atoms in total. The second kappa shape index (κ2) is 5.28. The molecule has 0 aromatic rings. The number of likely N-dealkylation sites (tertiary alicyclic amines) is 1. The molecule has 2 unspecified atom stereocenters. The van der Waals surface area contributed by atoms with Crippen molar-refractivity contribution < 1.29 is 0 Å². The number of nitrogens with two attached hydrogens (primary N) is 1. The summed E-state index contributed by atoms with van der Waals surface area (Å²) in [5.41, 5.74) is 6.07. The molecule has 0 bridgehead atoms. The minimum Gasteiger partial charge on any atom is -0.329 e. The molecule has 1 saturated heterocycles. The van der Waals surface area contributed by atoms with Gasteiger partial charge in [-0.15, -0.1) is 0 Å². The highest BCUT2D eigenvalue weighted by Crippen LogP contribution is 2.23. The fourth-order valence-corrected chi connectivity index (χ4v) is 2.43. The molecule has 0 aromatic heterocycles. The van der Waals surface area contributed by atoms with Crippen LogP contribution >= 0.6 is 0 Å². The summed E-state index contributed by atoms with van der Waals surface area (Å²) in [6.45, 7) is 7.69. The third-order valence-corrected chi connectivity index (χ3v) is 4.20. The number of likely N-dealkylation sites (N-methyl/N-ethyl adjacent to an activating group) is 2. The first-order chi connectivity index (χ1) is 7.03. The van der Waals surface area contributed by atoms with Crippen molar-refractivity contribution in [2.24, 2.45) is 5.73 Å². The lowest BCUT2D eigenvalue weighted by molar-refractivity contribution is 0.0464. The maximum atomic E-state index is 5.90. The summed E-state index contributed by atoms with van der Waals surface area (Å²) in [5, 5.41) is 0. The monoisotopic (exact) mass is 213 g/mol. The van der Waals surface area contributed by atoms with Gasteiger partial charge in [0.2, 0.25) is 0 Å². The highest BCUT2D eigenvalue weighted by Gasteiger charge is 2.32. The van der Waals surface area contributed by atoms with E-state index in [4.69, 9.17) is 5.73 Å². The molecule has 2 N–H and O–H groups in total. The molecule has 0 aromatic carbocycles. The van der Waals surface area contributed by atoms with Crippen molar-refractivity contribution in [1.82, 2.24) is 9.80 Å². The Hall–Kier alpha value is -0.120. The molecule has 2 atom stereocenters. The normalized spacial score (nSPS) is 28.0.